The van der Waals surface area contributed by atoms with Crippen LogP contribution in [0.25, 0.3) is 22.4 Å². The Kier molecular flexibility index (Phi) is 7.91. The summed E-state index contributed by atoms with van der Waals surface area (Å²) in [5, 5.41) is 19.1. The molecule has 0 saturated heterocycles. The summed E-state index contributed by atoms with van der Waals surface area (Å²) in [6.07, 6.45) is 0.529. The average Bonchev–Trinajstić information content (AvgIpc) is 3.29. The number of ether oxygens (including phenoxy) is 2. The van der Waals surface area contributed by atoms with E-state index < -0.39 is 5.97 Å². The van der Waals surface area contributed by atoms with Crippen LogP contribution in [-0.4, -0.2) is 53.1 Å². The molecule has 5 N–H and O–H groups in total. The molecule has 0 aliphatic heterocycles. The predicted molar refractivity (Wildman–Crippen MR) is 144 cm³/mol. The number of carbonyl (C=O) groups excluding carboxylic acids is 1. The number of hydrogen-bond donors (Lipinski definition) is 4. The first kappa shape index (κ1) is 26.2. The van der Waals surface area contributed by atoms with Crippen molar-refractivity contribution in [3.63, 3.8) is 0 Å². The monoisotopic (exact) mass is 515 g/mol. The van der Waals surface area contributed by atoms with E-state index in [9.17, 15) is 9.59 Å². The molecule has 4 aromatic rings. The number of nitrogen functional groups attached to an aromatic ring is 1. The molecule has 0 aliphatic rings. The fraction of sp³-hybridized carbons (Fsp3) is 0.214. The molecule has 0 aliphatic carbocycles. The van der Waals surface area contributed by atoms with E-state index in [0.717, 1.165) is 16.6 Å². The molecule has 3 aromatic carbocycles. The summed E-state index contributed by atoms with van der Waals surface area (Å²) in [5.41, 5.74) is 10.00. The van der Waals surface area contributed by atoms with Crippen LogP contribution in [0.4, 0.5) is 0 Å². The lowest BCUT2D eigenvalue weighted by molar-refractivity contribution is -0.136. The van der Waals surface area contributed by atoms with Gasteiger partial charge in [-0.2, -0.15) is 0 Å². The van der Waals surface area contributed by atoms with E-state index in [2.05, 4.69) is 9.88 Å². The van der Waals surface area contributed by atoms with E-state index in [1.807, 2.05) is 36.4 Å². The van der Waals surface area contributed by atoms with Crippen LogP contribution in [0.3, 0.4) is 0 Å². The zero-order chi connectivity index (χ0) is 27.2. The number of methoxy groups -OCH3 is 2. The number of aliphatic carboxylic acids is 1. The van der Waals surface area contributed by atoms with E-state index in [4.69, 9.17) is 30.7 Å². The van der Waals surface area contributed by atoms with Crippen molar-refractivity contribution in [2.24, 2.45) is 5.73 Å². The number of carboxylic acids is 1. The number of nitrogens with one attached hydrogen (secondary N) is 2. The largest absolute Gasteiger partial charge is 0.493 e. The van der Waals surface area contributed by atoms with Crippen LogP contribution in [-0.2, 0) is 17.8 Å². The van der Waals surface area contributed by atoms with Crippen molar-refractivity contribution in [1.29, 1.82) is 5.41 Å². The highest BCUT2D eigenvalue weighted by molar-refractivity contribution is 5.98. The van der Waals surface area contributed by atoms with Gasteiger partial charge in [0.25, 0.3) is 5.91 Å². The number of nitrogens with two attached hydrogens (primary N) is 1. The Morgan fingerprint density at radius 3 is 2.37 bits per heavy atom. The fourth-order valence-corrected chi connectivity index (χ4v) is 4.18. The number of amidine groups is 1. The Morgan fingerprint density at radius 1 is 1.00 bits per heavy atom. The van der Waals surface area contributed by atoms with Gasteiger partial charge in [-0.3, -0.25) is 15.0 Å². The van der Waals surface area contributed by atoms with Crippen LogP contribution in [0.5, 0.6) is 11.5 Å². The van der Waals surface area contributed by atoms with E-state index in [0.29, 0.717) is 46.9 Å². The third kappa shape index (κ3) is 5.75. The van der Waals surface area contributed by atoms with Gasteiger partial charge < -0.3 is 30.2 Å². The second kappa shape index (κ2) is 11.5. The quantitative estimate of drug-likeness (QED) is 0.176. The second-order valence-corrected chi connectivity index (χ2v) is 8.62. The van der Waals surface area contributed by atoms with Crippen molar-refractivity contribution in [2.45, 2.75) is 19.4 Å². The molecular formula is C28H29N5O5. The molecule has 0 saturated carbocycles. The number of imidazole rings is 1. The third-order valence-electron chi connectivity index (χ3n) is 6.16. The topological polar surface area (TPSA) is 153 Å². The summed E-state index contributed by atoms with van der Waals surface area (Å²) in [6, 6.07) is 18.3. The summed E-state index contributed by atoms with van der Waals surface area (Å²) in [7, 11) is 3.20. The molecule has 10 heteroatoms. The third-order valence-corrected chi connectivity index (χ3v) is 6.16. The minimum atomic E-state index is -0.977. The minimum Gasteiger partial charge on any atom is -0.493 e. The maximum Gasteiger partial charge on any atom is 0.305 e. The van der Waals surface area contributed by atoms with Gasteiger partial charge in [0.05, 0.1) is 31.7 Å². The number of nitrogens with zero attached hydrogens (tertiary/aromatic N) is 2. The molecular weight excluding hydrogens is 486 g/mol. The average molecular weight is 516 g/mol. The fourth-order valence-electron chi connectivity index (χ4n) is 4.18. The Balaban J connectivity index is 1.69. The van der Waals surface area contributed by atoms with Gasteiger partial charge in [-0.1, -0.05) is 30.3 Å². The molecule has 0 bridgehead atoms. The maximum atomic E-state index is 12.6. The van der Waals surface area contributed by atoms with Crippen molar-refractivity contribution in [3.8, 4) is 22.9 Å². The summed E-state index contributed by atoms with van der Waals surface area (Å²) < 4.78 is 12.9. The number of hydrogen-bond acceptors (Lipinski definition) is 6. The molecule has 1 amide bonds. The lowest BCUT2D eigenvalue weighted by Gasteiger charge is -2.12. The predicted octanol–water partition coefficient (Wildman–Crippen LogP) is 3.45. The van der Waals surface area contributed by atoms with Crippen LogP contribution < -0.4 is 20.5 Å². The van der Waals surface area contributed by atoms with Crippen molar-refractivity contribution in [3.05, 3.63) is 77.4 Å². The van der Waals surface area contributed by atoms with Gasteiger partial charge >= 0.3 is 5.97 Å². The maximum absolute atomic E-state index is 12.6. The lowest BCUT2D eigenvalue weighted by Crippen LogP contribution is -2.25. The van der Waals surface area contributed by atoms with E-state index >= 15 is 0 Å². The standard InChI is InChI=1S/C28H29N5O5/c1-37-23-10-3-17(15-24(23)38-2)12-14-33-22-9-8-20(28(36)31-13-11-25(34)35)16-21(22)32-27(33)19-6-4-18(5-7-19)26(29)30/h3-10,15-16H,11-14H2,1-2H3,(H3,29,30)(H,31,36)(H,34,35). The number of amides is 1. The van der Waals surface area contributed by atoms with Crippen LogP contribution in [0.15, 0.2) is 60.7 Å². The molecule has 4 rings (SSSR count). The van der Waals surface area contributed by atoms with Crippen LogP contribution in [0, 0.1) is 5.41 Å². The number of benzene rings is 3. The van der Waals surface area contributed by atoms with Crippen molar-refractivity contribution >= 4 is 28.7 Å². The van der Waals surface area contributed by atoms with E-state index in [1.165, 1.54) is 0 Å². The van der Waals surface area contributed by atoms with E-state index in [-0.39, 0.29) is 24.7 Å². The number of aromatic nitrogens is 2. The molecule has 1 heterocycles. The van der Waals surface area contributed by atoms with Gasteiger partial charge in [-0.15, -0.1) is 0 Å². The Labute approximate surface area is 219 Å². The zero-order valence-electron chi connectivity index (χ0n) is 21.2. The van der Waals surface area contributed by atoms with Crippen LogP contribution in [0.2, 0.25) is 0 Å². The molecule has 0 radical (unpaired) electrons. The van der Waals surface area contributed by atoms with Gasteiger partial charge in [0, 0.05) is 29.8 Å². The summed E-state index contributed by atoms with van der Waals surface area (Å²) >= 11 is 0. The van der Waals surface area contributed by atoms with Gasteiger partial charge in [0.15, 0.2) is 11.5 Å². The SMILES string of the molecule is COc1ccc(CCn2c(-c3ccc(C(=N)N)cc3)nc3cc(C(=O)NCCC(=O)O)ccc32)cc1OC. The molecule has 10 nitrogen and oxygen atoms in total. The highest BCUT2D eigenvalue weighted by Gasteiger charge is 2.16. The first-order valence-electron chi connectivity index (χ1n) is 12.0. The van der Waals surface area contributed by atoms with Crippen molar-refractivity contribution in [2.75, 3.05) is 20.8 Å². The molecule has 0 fully saturated rings. The number of fused-ring (bicyclic) bond motifs is 1. The minimum absolute atomic E-state index is 0.0166. The lowest BCUT2D eigenvalue weighted by atomic mass is 10.1. The summed E-state index contributed by atoms with van der Waals surface area (Å²) in [5.74, 6) is 0.662. The normalized spacial score (nSPS) is 10.8. The highest BCUT2D eigenvalue weighted by Crippen LogP contribution is 2.30. The molecule has 0 atom stereocenters. The Hall–Kier alpha value is -4.86. The summed E-state index contributed by atoms with van der Waals surface area (Å²) in [6.45, 7) is 0.639. The van der Waals surface area contributed by atoms with Crippen molar-refractivity contribution in [1.82, 2.24) is 14.9 Å². The van der Waals surface area contributed by atoms with Gasteiger partial charge in [-0.25, -0.2) is 4.98 Å². The van der Waals surface area contributed by atoms with Gasteiger partial charge in [-0.05, 0) is 42.3 Å². The Bertz CT molecular complexity index is 1490. The van der Waals surface area contributed by atoms with Gasteiger partial charge in [0.2, 0.25) is 0 Å². The van der Waals surface area contributed by atoms with Crippen LogP contribution >= 0.6 is 0 Å². The van der Waals surface area contributed by atoms with Gasteiger partial charge in [0.1, 0.15) is 11.7 Å². The molecule has 196 valence electrons. The highest BCUT2D eigenvalue weighted by atomic mass is 16.5. The zero-order valence-corrected chi connectivity index (χ0v) is 21.2. The first-order valence-corrected chi connectivity index (χ1v) is 12.0. The van der Waals surface area contributed by atoms with Crippen molar-refractivity contribution < 1.29 is 24.2 Å². The first-order chi connectivity index (χ1) is 18.3. The molecule has 0 unspecified atom stereocenters. The van der Waals surface area contributed by atoms with Crippen LogP contribution in [0.1, 0.15) is 27.9 Å². The van der Waals surface area contributed by atoms with E-state index in [1.54, 1.807) is 38.5 Å². The number of carboxylic acid groups (broad SMARTS) is 1. The smallest absolute Gasteiger partial charge is 0.305 e. The number of carbonyl (C=O) groups is 2. The molecule has 1 aromatic heterocycles. The summed E-state index contributed by atoms with van der Waals surface area (Å²) in [4.78, 5) is 28.2. The second-order valence-electron chi connectivity index (χ2n) is 8.62. The number of rotatable bonds is 11. The number of aryl methyl sites for hydroxylation is 2. The molecule has 0 spiro atoms. The Morgan fingerprint density at radius 2 is 1.71 bits per heavy atom. The molecule has 38 heavy (non-hydrogen) atoms.